The van der Waals surface area contributed by atoms with Crippen LogP contribution in [0.4, 0.5) is 0 Å². The van der Waals surface area contributed by atoms with E-state index in [-0.39, 0.29) is 12.5 Å². The van der Waals surface area contributed by atoms with Gasteiger partial charge in [0.15, 0.2) is 0 Å². The fraction of sp³-hybridized carbons (Fsp3) is 0.278. The van der Waals surface area contributed by atoms with Crippen molar-refractivity contribution >= 4 is 5.97 Å². The monoisotopic (exact) mass is 313 g/mol. The minimum atomic E-state index is -1.31. The molecule has 5 nitrogen and oxygen atoms in total. The van der Waals surface area contributed by atoms with Gasteiger partial charge in [-0.3, -0.25) is 4.79 Å². The van der Waals surface area contributed by atoms with Gasteiger partial charge in [0, 0.05) is 5.92 Å². The number of carbonyl (C=O) groups excluding carboxylic acids is 1. The molecule has 120 valence electrons. The number of rotatable bonds is 5. The van der Waals surface area contributed by atoms with E-state index in [2.05, 4.69) is 12.1 Å². The molecule has 3 rings (SSSR count). The molecule has 0 heterocycles. The Morgan fingerprint density at radius 2 is 1.61 bits per heavy atom. The number of aliphatic hydroxyl groups excluding tert-OH is 2. The standard InChI is InChI=1S/C18H19NO4/c19-17(16(21)9-20)18(22)23-10-15-13-7-3-1-5-11(13)12-6-2-4-8-14(12)15/h1-8,15-17,20-21H,9-10,19H2. The Labute approximate surface area is 134 Å². The molecular formula is C18H19NO4. The van der Waals surface area contributed by atoms with Gasteiger partial charge in [-0.2, -0.15) is 0 Å². The summed E-state index contributed by atoms with van der Waals surface area (Å²) in [5.41, 5.74) is 10.1. The van der Waals surface area contributed by atoms with Crippen molar-refractivity contribution in [3.63, 3.8) is 0 Å². The van der Waals surface area contributed by atoms with Crippen molar-refractivity contribution in [1.82, 2.24) is 0 Å². The van der Waals surface area contributed by atoms with Crippen LogP contribution in [0.15, 0.2) is 48.5 Å². The van der Waals surface area contributed by atoms with E-state index < -0.39 is 24.7 Å². The van der Waals surface area contributed by atoms with Gasteiger partial charge in [-0.1, -0.05) is 48.5 Å². The molecular weight excluding hydrogens is 294 g/mol. The summed E-state index contributed by atoms with van der Waals surface area (Å²) in [4.78, 5) is 11.9. The SMILES string of the molecule is NC(C(=O)OCC1c2ccccc2-c2ccccc21)C(O)CO. The van der Waals surface area contributed by atoms with Crippen LogP contribution in [0.3, 0.4) is 0 Å². The second kappa shape index (κ2) is 6.50. The van der Waals surface area contributed by atoms with Crippen LogP contribution >= 0.6 is 0 Å². The molecule has 0 aromatic heterocycles. The highest BCUT2D eigenvalue weighted by Crippen LogP contribution is 2.44. The van der Waals surface area contributed by atoms with Gasteiger partial charge < -0.3 is 20.7 Å². The third-order valence-corrected chi connectivity index (χ3v) is 4.23. The first kappa shape index (κ1) is 15.7. The molecule has 0 amide bonds. The highest BCUT2D eigenvalue weighted by atomic mass is 16.5. The van der Waals surface area contributed by atoms with Crippen molar-refractivity contribution in [1.29, 1.82) is 0 Å². The zero-order valence-corrected chi connectivity index (χ0v) is 12.6. The highest BCUT2D eigenvalue weighted by molar-refractivity contribution is 5.79. The maximum absolute atomic E-state index is 11.9. The van der Waals surface area contributed by atoms with Gasteiger partial charge >= 0.3 is 5.97 Å². The van der Waals surface area contributed by atoms with Gasteiger partial charge in [-0.25, -0.2) is 0 Å². The lowest BCUT2D eigenvalue weighted by Gasteiger charge is -2.18. The molecule has 0 saturated heterocycles. The first-order valence-electron chi connectivity index (χ1n) is 7.53. The van der Waals surface area contributed by atoms with E-state index >= 15 is 0 Å². The topological polar surface area (TPSA) is 92.8 Å². The number of hydrogen-bond donors (Lipinski definition) is 3. The second-order valence-electron chi connectivity index (χ2n) is 5.63. The average Bonchev–Trinajstić information content (AvgIpc) is 2.92. The van der Waals surface area contributed by atoms with Crippen molar-refractivity contribution in [2.45, 2.75) is 18.1 Å². The number of benzene rings is 2. The van der Waals surface area contributed by atoms with Gasteiger partial charge in [0.1, 0.15) is 18.8 Å². The molecule has 1 aliphatic carbocycles. The van der Waals surface area contributed by atoms with E-state index in [4.69, 9.17) is 15.6 Å². The number of fused-ring (bicyclic) bond motifs is 3. The Hall–Kier alpha value is -2.21. The number of carbonyl (C=O) groups is 1. The smallest absolute Gasteiger partial charge is 0.325 e. The molecule has 2 unspecified atom stereocenters. The minimum Gasteiger partial charge on any atom is -0.463 e. The summed E-state index contributed by atoms with van der Waals surface area (Å²) in [5.74, 6) is -0.766. The van der Waals surface area contributed by atoms with E-state index in [1.807, 2.05) is 36.4 Å². The number of esters is 1. The molecule has 4 N–H and O–H groups in total. The van der Waals surface area contributed by atoms with Crippen molar-refractivity contribution in [3.05, 3.63) is 59.7 Å². The molecule has 23 heavy (non-hydrogen) atoms. The van der Waals surface area contributed by atoms with Crippen LogP contribution in [0.25, 0.3) is 11.1 Å². The van der Waals surface area contributed by atoms with Gasteiger partial charge in [0.2, 0.25) is 0 Å². The van der Waals surface area contributed by atoms with Crippen LogP contribution in [-0.4, -0.2) is 41.5 Å². The highest BCUT2D eigenvalue weighted by Gasteiger charge is 2.30. The molecule has 2 atom stereocenters. The van der Waals surface area contributed by atoms with E-state index in [9.17, 15) is 9.90 Å². The summed E-state index contributed by atoms with van der Waals surface area (Å²) >= 11 is 0. The molecule has 5 heteroatoms. The van der Waals surface area contributed by atoms with Crippen LogP contribution in [0.5, 0.6) is 0 Å². The first-order chi connectivity index (χ1) is 11.1. The van der Waals surface area contributed by atoms with Crippen LogP contribution in [0, 0.1) is 0 Å². The molecule has 0 radical (unpaired) electrons. The van der Waals surface area contributed by atoms with Gasteiger partial charge in [-0.15, -0.1) is 0 Å². The fourth-order valence-electron chi connectivity index (χ4n) is 2.97. The Bertz CT molecular complexity index is 670. The lowest BCUT2D eigenvalue weighted by Crippen LogP contribution is -2.45. The summed E-state index contributed by atoms with van der Waals surface area (Å²) in [6.45, 7) is -0.427. The Morgan fingerprint density at radius 1 is 1.09 bits per heavy atom. The number of aliphatic hydroxyl groups is 2. The van der Waals surface area contributed by atoms with E-state index in [0.29, 0.717) is 0 Å². The van der Waals surface area contributed by atoms with Crippen LogP contribution in [-0.2, 0) is 9.53 Å². The van der Waals surface area contributed by atoms with Crippen molar-refractivity contribution in [2.75, 3.05) is 13.2 Å². The van der Waals surface area contributed by atoms with Crippen LogP contribution in [0.2, 0.25) is 0 Å². The molecule has 0 aliphatic heterocycles. The predicted octanol–water partition coefficient (Wildman–Crippen LogP) is 1.02. The summed E-state index contributed by atoms with van der Waals surface area (Å²) in [7, 11) is 0. The molecule has 2 aromatic carbocycles. The summed E-state index contributed by atoms with van der Waals surface area (Å²) < 4.78 is 5.29. The van der Waals surface area contributed by atoms with Crippen molar-refractivity contribution < 1.29 is 19.7 Å². The van der Waals surface area contributed by atoms with Gasteiger partial charge in [0.05, 0.1) is 6.61 Å². The molecule has 0 saturated carbocycles. The lowest BCUT2D eigenvalue weighted by molar-refractivity contribution is -0.148. The third-order valence-electron chi connectivity index (χ3n) is 4.23. The van der Waals surface area contributed by atoms with Gasteiger partial charge in [0.25, 0.3) is 0 Å². The Kier molecular flexibility index (Phi) is 4.43. The predicted molar refractivity (Wildman–Crippen MR) is 85.7 cm³/mol. The van der Waals surface area contributed by atoms with Crippen molar-refractivity contribution in [3.8, 4) is 11.1 Å². The van der Waals surface area contributed by atoms with Crippen LogP contribution in [0.1, 0.15) is 17.0 Å². The number of ether oxygens (including phenoxy) is 1. The molecule has 1 aliphatic rings. The summed E-state index contributed by atoms with van der Waals surface area (Å²) in [5, 5.41) is 18.3. The first-order valence-corrected chi connectivity index (χ1v) is 7.53. The summed E-state index contributed by atoms with van der Waals surface area (Å²) in [6.07, 6.45) is -1.31. The zero-order valence-electron chi connectivity index (χ0n) is 12.6. The van der Waals surface area contributed by atoms with E-state index in [0.717, 1.165) is 22.3 Å². The zero-order chi connectivity index (χ0) is 16.4. The quantitative estimate of drug-likeness (QED) is 0.717. The Balaban J connectivity index is 1.80. The number of nitrogens with two attached hydrogens (primary N) is 1. The van der Waals surface area contributed by atoms with Crippen LogP contribution < -0.4 is 5.73 Å². The second-order valence-corrected chi connectivity index (χ2v) is 5.63. The normalized spacial score (nSPS) is 15.6. The van der Waals surface area contributed by atoms with Crippen molar-refractivity contribution in [2.24, 2.45) is 5.73 Å². The third kappa shape index (κ3) is 2.86. The summed E-state index contributed by atoms with van der Waals surface area (Å²) in [6, 6.07) is 14.8. The molecule has 0 bridgehead atoms. The maximum atomic E-state index is 11.9. The Morgan fingerprint density at radius 3 is 2.13 bits per heavy atom. The molecule has 2 aromatic rings. The lowest BCUT2D eigenvalue weighted by atomic mass is 9.98. The molecule has 0 spiro atoms. The average molecular weight is 313 g/mol. The minimum absolute atomic E-state index is 0.0511. The maximum Gasteiger partial charge on any atom is 0.325 e. The van der Waals surface area contributed by atoms with E-state index in [1.54, 1.807) is 0 Å². The largest absolute Gasteiger partial charge is 0.463 e. The van der Waals surface area contributed by atoms with Gasteiger partial charge in [-0.05, 0) is 22.3 Å². The number of hydrogen-bond acceptors (Lipinski definition) is 5. The fourth-order valence-corrected chi connectivity index (χ4v) is 2.97. The molecule has 0 fully saturated rings. The van der Waals surface area contributed by atoms with E-state index in [1.165, 1.54) is 0 Å².